The molecule has 0 radical (unpaired) electrons. The second kappa shape index (κ2) is 8.95. The van der Waals surface area contributed by atoms with E-state index in [1.807, 2.05) is 6.07 Å². The van der Waals surface area contributed by atoms with Crippen LogP contribution < -0.4 is 0 Å². The lowest BCUT2D eigenvalue weighted by atomic mass is 9.80. The van der Waals surface area contributed by atoms with Crippen LogP contribution in [0.25, 0.3) is 34.0 Å². The van der Waals surface area contributed by atoms with Gasteiger partial charge in [0, 0.05) is 22.1 Å². The summed E-state index contributed by atoms with van der Waals surface area (Å²) in [4.78, 5) is 18.1. The van der Waals surface area contributed by atoms with Gasteiger partial charge in [0.1, 0.15) is 11.3 Å². The quantitative estimate of drug-likeness (QED) is 0.282. The number of hydrogen-bond acceptors (Lipinski definition) is 6. The van der Waals surface area contributed by atoms with Crippen LogP contribution in [0.3, 0.4) is 0 Å². The molecule has 0 bridgehead atoms. The molecule has 2 heterocycles. The summed E-state index contributed by atoms with van der Waals surface area (Å²) in [7, 11) is -4.63. The van der Waals surface area contributed by atoms with Crippen LogP contribution in [0.15, 0.2) is 57.6 Å². The first-order valence-corrected chi connectivity index (χ1v) is 12.8. The molecular formula is C25H22F3N2O6P. The lowest BCUT2D eigenvalue weighted by Crippen LogP contribution is -2.24. The number of halogens is 3. The number of aryl methyl sites for hydroxylation is 1. The minimum atomic E-state index is -4.75. The summed E-state index contributed by atoms with van der Waals surface area (Å²) in [5, 5.41) is 7.83. The summed E-state index contributed by atoms with van der Waals surface area (Å²) in [6.45, 7) is 3.38. The number of aromatic nitrogens is 2. The topological polar surface area (TPSA) is 119 Å². The van der Waals surface area contributed by atoms with E-state index in [0.29, 0.717) is 29.7 Å². The first-order valence-electron chi connectivity index (χ1n) is 11.3. The summed E-state index contributed by atoms with van der Waals surface area (Å²) in [6.07, 6.45) is -3.90. The molecule has 0 unspecified atom stereocenters. The van der Waals surface area contributed by atoms with Crippen LogP contribution in [0.2, 0.25) is 0 Å². The van der Waals surface area contributed by atoms with Gasteiger partial charge in [-0.05, 0) is 24.0 Å². The molecular weight excluding hydrogens is 512 g/mol. The molecule has 5 rings (SSSR count). The van der Waals surface area contributed by atoms with Crippen molar-refractivity contribution in [1.82, 2.24) is 10.3 Å². The molecule has 0 fully saturated rings. The molecule has 4 aromatic rings. The Balaban J connectivity index is 1.53. The minimum Gasteiger partial charge on any atom is -0.355 e. The van der Waals surface area contributed by atoms with Gasteiger partial charge in [-0.3, -0.25) is 4.52 Å². The van der Waals surface area contributed by atoms with E-state index >= 15 is 0 Å². The van der Waals surface area contributed by atoms with Crippen molar-refractivity contribution in [2.75, 3.05) is 6.61 Å². The van der Waals surface area contributed by atoms with E-state index in [0.717, 1.165) is 11.1 Å². The molecule has 194 valence electrons. The molecule has 0 aliphatic heterocycles. The van der Waals surface area contributed by atoms with E-state index in [4.69, 9.17) is 23.4 Å². The number of phosphoric acid groups is 1. The van der Waals surface area contributed by atoms with Crippen LogP contribution >= 0.6 is 7.82 Å². The predicted molar refractivity (Wildman–Crippen MR) is 126 cm³/mol. The third kappa shape index (κ3) is 4.87. The Hall–Kier alpha value is -3.24. The van der Waals surface area contributed by atoms with Gasteiger partial charge in [0.25, 0.3) is 0 Å². The van der Waals surface area contributed by atoms with Crippen molar-refractivity contribution in [2.45, 2.75) is 38.3 Å². The van der Waals surface area contributed by atoms with Crippen molar-refractivity contribution in [3.8, 4) is 34.0 Å². The fourth-order valence-electron chi connectivity index (χ4n) is 4.47. The zero-order valence-corrected chi connectivity index (χ0v) is 20.6. The van der Waals surface area contributed by atoms with E-state index in [2.05, 4.69) is 10.3 Å². The molecule has 0 spiro atoms. The van der Waals surface area contributed by atoms with Crippen molar-refractivity contribution in [3.05, 3.63) is 70.8 Å². The third-order valence-electron chi connectivity index (χ3n) is 6.39. The number of hydrogen-bond donors (Lipinski definition) is 2. The van der Waals surface area contributed by atoms with Crippen LogP contribution in [0.5, 0.6) is 0 Å². The van der Waals surface area contributed by atoms with E-state index in [1.165, 1.54) is 12.1 Å². The Bertz CT molecular complexity index is 1500. The van der Waals surface area contributed by atoms with Crippen LogP contribution in [0.1, 0.15) is 36.1 Å². The van der Waals surface area contributed by atoms with Gasteiger partial charge in [-0.1, -0.05) is 72.7 Å². The second-order valence-electron chi connectivity index (χ2n) is 9.46. The van der Waals surface area contributed by atoms with Gasteiger partial charge in [0.2, 0.25) is 0 Å². The molecule has 8 nitrogen and oxygen atoms in total. The summed E-state index contributed by atoms with van der Waals surface area (Å²) < 4.78 is 68.9. The lowest BCUT2D eigenvalue weighted by Gasteiger charge is -2.27. The fraction of sp³-hybridized carbons (Fsp3) is 0.280. The Morgan fingerprint density at radius 3 is 2.32 bits per heavy atom. The molecule has 2 aromatic carbocycles. The summed E-state index contributed by atoms with van der Waals surface area (Å²) in [5.41, 5.74) is 1.36. The van der Waals surface area contributed by atoms with Gasteiger partial charge < -0.3 is 18.8 Å². The van der Waals surface area contributed by atoms with E-state index < -0.39 is 36.4 Å². The average Bonchev–Trinajstić information content (AvgIpc) is 3.47. The maximum Gasteiger partial charge on any atom is 0.469 e. The molecule has 1 aliphatic rings. The zero-order chi connectivity index (χ0) is 26.6. The van der Waals surface area contributed by atoms with Gasteiger partial charge in [-0.25, -0.2) is 4.57 Å². The van der Waals surface area contributed by atoms with Gasteiger partial charge >= 0.3 is 14.0 Å². The average molecular weight is 534 g/mol. The predicted octanol–water partition coefficient (Wildman–Crippen LogP) is 6.17. The van der Waals surface area contributed by atoms with Crippen molar-refractivity contribution in [1.29, 1.82) is 0 Å². The molecule has 0 saturated heterocycles. The first kappa shape index (κ1) is 25.4. The van der Waals surface area contributed by atoms with Crippen LogP contribution in [-0.2, 0) is 33.5 Å². The molecule has 0 amide bonds. The molecule has 1 aliphatic carbocycles. The molecule has 12 heteroatoms. The molecule has 2 N–H and O–H groups in total. The molecule has 0 saturated carbocycles. The Kier molecular flexibility index (Phi) is 6.15. The first-order chi connectivity index (χ1) is 17.4. The SMILES string of the molecule is CC(C)(COP(=O)(O)O)c1ccc2c(c1)CCc1c-2noc1-c1noc(-c2ccccc2)c1C(F)(F)F. The highest BCUT2D eigenvalue weighted by molar-refractivity contribution is 7.46. The molecule has 0 atom stereocenters. The largest absolute Gasteiger partial charge is 0.469 e. The number of rotatable bonds is 6. The van der Waals surface area contributed by atoms with Gasteiger partial charge in [0.05, 0.1) is 6.61 Å². The maximum atomic E-state index is 14.2. The highest BCUT2D eigenvalue weighted by atomic mass is 31.2. The smallest absolute Gasteiger partial charge is 0.355 e. The normalized spacial score (nSPS) is 13.9. The summed E-state index contributed by atoms with van der Waals surface area (Å²) >= 11 is 0. The third-order valence-corrected chi connectivity index (χ3v) is 6.86. The molecule has 37 heavy (non-hydrogen) atoms. The second-order valence-corrected chi connectivity index (χ2v) is 10.7. The summed E-state index contributed by atoms with van der Waals surface area (Å²) in [6, 6.07) is 13.4. The van der Waals surface area contributed by atoms with Gasteiger partial charge in [-0.15, -0.1) is 0 Å². The van der Waals surface area contributed by atoms with E-state index in [9.17, 15) is 17.7 Å². The van der Waals surface area contributed by atoms with Crippen molar-refractivity contribution in [2.24, 2.45) is 0 Å². The van der Waals surface area contributed by atoms with Crippen molar-refractivity contribution in [3.63, 3.8) is 0 Å². The van der Waals surface area contributed by atoms with E-state index in [-0.39, 0.29) is 17.9 Å². The van der Waals surface area contributed by atoms with E-state index in [1.54, 1.807) is 44.2 Å². The number of benzene rings is 2. The summed E-state index contributed by atoms with van der Waals surface area (Å²) in [5.74, 6) is -0.479. The zero-order valence-electron chi connectivity index (χ0n) is 19.7. The fourth-order valence-corrected chi connectivity index (χ4v) is 4.97. The van der Waals surface area contributed by atoms with Crippen LogP contribution in [-0.4, -0.2) is 26.7 Å². The number of alkyl halides is 3. The number of nitrogens with zero attached hydrogens (tertiary/aromatic N) is 2. The maximum absolute atomic E-state index is 14.2. The highest BCUT2D eigenvalue weighted by Crippen LogP contribution is 2.47. The van der Waals surface area contributed by atoms with Gasteiger partial charge in [0.15, 0.2) is 17.2 Å². The standard InChI is InChI=1S/C25H22F3N2O6P/c1-24(2,13-34-37(31,32)33)16-9-11-17-15(12-16)8-10-18-20(17)29-36-23(18)21-19(25(26,27)28)22(35-30-21)14-6-4-3-5-7-14/h3-7,9,11-12H,8,10,13H2,1-2H3,(H2,31,32,33). The Morgan fingerprint density at radius 2 is 1.65 bits per heavy atom. The highest BCUT2D eigenvalue weighted by Gasteiger charge is 2.43. The Labute approximate surface area is 209 Å². The minimum absolute atomic E-state index is 0.0849. The lowest BCUT2D eigenvalue weighted by molar-refractivity contribution is -0.136. The van der Waals surface area contributed by atoms with Crippen LogP contribution in [0, 0.1) is 0 Å². The van der Waals surface area contributed by atoms with Crippen molar-refractivity contribution < 1.29 is 41.1 Å². The van der Waals surface area contributed by atoms with Crippen molar-refractivity contribution >= 4 is 7.82 Å². The number of fused-ring (bicyclic) bond motifs is 3. The molecule has 2 aromatic heterocycles. The number of phosphoric ester groups is 1. The van der Waals surface area contributed by atoms with Crippen LogP contribution in [0.4, 0.5) is 13.2 Å². The monoisotopic (exact) mass is 534 g/mol. The Morgan fingerprint density at radius 1 is 0.973 bits per heavy atom. The van der Waals surface area contributed by atoms with Gasteiger partial charge in [-0.2, -0.15) is 13.2 Å².